The van der Waals surface area contributed by atoms with Gasteiger partial charge in [-0.2, -0.15) is 0 Å². The molecular formula is C20H20O2. The number of ketones is 1. The predicted octanol–water partition coefficient (Wildman–Crippen LogP) is 4.54. The highest BCUT2D eigenvalue weighted by atomic mass is 16.5. The molecule has 1 unspecified atom stereocenters. The maximum absolute atomic E-state index is 13.2. The maximum Gasteiger partial charge on any atom is 0.199 e. The lowest BCUT2D eigenvalue weighted by Crippen LogP contribution is -2.38. The highest BCUT2D eigenvalue weighted by molar-refractivity contribution is 6.03. The largest absolute Gasteiger partial charge is 0.358 e. The van der Waals surface area contributed by atoms with Gasteiger partial charge >= 0.3 is 0 Å². The molecule has 2 aromatic carbocycles. The lowest BCUT2D eigenvalue weighted by molar-refractivity contribution is -0.0155. The van der Waals surface area contributed by atoms with Crippen LogP contribution in [0.1, 0.15) is 22.3 Å². The van der Waals surface area contributed by atoms with Crippen molar-refractivity contribution in [2.45, 2.75) is 12.0 Å². The molecule has 0 aliphatic heterocycles. The Morgan fingerprint density at radius 1 is 0.955 bits per heavy atom. The van der Waals surface area contributed by atoms with Crippen molar-refractivity contribution >= 4 is 5.78 Å². The summed E-state index contributed by atoms with van der Waals surface area (Å²) in [6.07, 6.45) is 3.77. The number of carbonyl (C=O) groups excluding carboxylic acids is 1. The average molecular weight is 292 g/mol. The summed E-state index contributed by atoms with van der Waals surface area (Å²) in [5.41, 5.74) is 0.376. The fraction of sp³-hybridized carbons (Fsp3) is 0.150. The summed E-state index contributed by atoms with van der Waals surface area (Å²) in [6.45, 7) is 7.78. The normalized spacial score (nSPS) is 13.1. The first kappa shape index (κ1) is 15.9. The smallest absolute Gasteiger partial charge is 0.199 e. The lowest BCUT2D eigenvalue weighted by atomic mass is 9.83. The molecule has 2 aromatic rings. The molecule has 0 saturated heterocycles. The minimum absolute atomic E-state index is 0.0685. The number of rotatable bonds is 8. The maximum atomic E-state index is 13.2. The first-order chi connectivity index (χ1) is 10.7. The molecule has 0 N–H and O–H groups in total. The Kier molecular flexibility index (Phi) is 5.45. The van der Waals surface area contributed by atoms with Gasteiger partial charge in [0.15, 0.2) is 11.4 Å². The van der Waals surface area contributed by atoms with Gasteiger partial charge in [0.2, 0.25) is 0 Å². The van der Waals surface area contributed by atoms with E-state index < -0.39 is 5.60 Å². The summed E-state index contributed by atoms with van der Waals surface area (Å²) in [6, 6.07) is 18.8. The minimum Gasteiger partial charge on any atom is -0.358 e. The van der Waals surface area contributed by atoms with E-state index in [2.05, 4.69) is 13.2 Å². The summed E-state index contributed by atoms with van der Waals surface area (Å²) in [4.78, 5) is 13.2. The van der Waals surface area contributed by atoms with Gasteiger partial charge in [0, 0.05) is 12.0 Å². The second-order valence-corrected chi connectivity index (χ2v) is 4.98. The van der Waals surface area contributed by atoms with Crippen LogP contribution in [0.2, 0.25) is 0 Å². The molecule has 2 nitrogen and oxygen atoms in total. The molecule has 112 valence electrons. The van der Waals surface area contributed by atoms with Crippen molar-refractivity contribution in [2.75, 3.05) is 6.61 Å². The quantitative estimate of drug-likeness (QED) is 0.527. The number of hydrogen-bond acceptors (Lipinski definition) is 2. The minimum atomic E-state index is -1.07. The number of benzene rings is 2. The van der Waals surface area contributed by atoms with Crippen LogP contribution in [0, 0.1) is 0 Å². The van der Waals surface area contributed by atoms with E-state index in [0.717, 1.165) is 5.56 Å². The Morgan fingerprint density at radius 2 is 1.55 bits per heavy atom. The SMILES string of the molecule is C=CCOC(CC=C)(C(=O)c1ccccc1)c1ccccc1. The van der Waals surface area contributed by atoms with Crippen LogP contribution in [0.15, 0.2) is 86.0 Å². The Morgan fingerprint density at radius 3 is 2.09 bits per heavy atom. The molecule has 22 heavy (non-hydrogen) atoms. The van der Waals surface area contributed by atoms with Crippen LogP contribution in [0.25, 0.3) is 0 Å². The van der Waals surface area contributed by atoms with Crippen molar-refractivity contribution in [1.29, 1.82) is 0 Å². The second kappa shape index (κ2) is 7.53. The second-order valence-electron chi connectivity index (χ2n) is 4.98. The van der Waals surface area contributed by atoms with Gasteiger partial charge in [-0.25, -0.2) is 0 Å². The topological polar surface area (TPSA) is 26.3 Å². The monoisotopic (exact) mass is 292 g/mol. The third-order valence-corrected chi connectivity index (χ3v) is 3.52. The van der Waals surface area contributed by atoms with Crippen molar-refractivity contribution < 1.29 is 9.53 Å². The standard InChI is InChI=1S/C20H20O2/c1-3-15-20(22-16-4-2,18-13-9-6-10-14-18)19(21)17-11-7-5-8-12-17/h3-14H,1-2,15-16H2. The number of Topliss-reactive ketones (excluding diaryl/α,β-unsaturated/α-hetero) is 1. The van der Waals surface area contributed by atoms with Crippen LogP contribution >= 0.6 is 0 Å². The highest BCUT2D eigenvalue weighted by Gasteiger charge is 2.40. The van der Waals surface area contributed by atoms with Crippen LogP contribution in [-0.4, -0.2) is 12.4 Å². The molecule has 0 amide bonds. The summed E-state index contributed by atoms with van der Waals surface area (Å²) < 4.78 is 5.98. The Labute approximate surface area is 131 Å². The Bertz CT molecular complexity index is 631. The molecule has 0 aromatic heterocycles. The van der Waals surface area contributed by atoms with E-state index in [1.54, 1.807) is 24.3 Å². The zero-order valence-electron chi connectivity index (χ0n) is 12.6. The third kappa shape index (κ3) is 3.23. The van der Waals surface area contributed by atoms with E-state index in [4.69, 9.17) is 4.74 Å². The highest BCUT2D eigenvalue weighted by Crippen LogP contribution is 2.34. The van der Waals surface area contributed by atoms with Crippen molar-refractivity contribution in [3.63, 3.8) is 0 Å². The van der Waals surface area contributed by atoms with Crippen molar-refractivity contribution in [2.24, 2.45) is 0 Å². The van der Waals surface area contributed by atoms with Crippen LogP contribution < -0.4 is 0 Å². The van der Waals surface area contributed by atoms with E-state index in [1.165, 1.54) is 0 Å². The fourth-order valence-electron chi connectivity index (χ4n) is 2.48. The molecule has 2 rings (SSSR count). The lowest BCUT2D eigenvalue weighted by Gasteiger charge is -2.32. The summed E-state index contributed by atoms with van der Waals surface area (Å²) in [7, 11) is 0. The molecule has 0 bridgehead atoms. The summed E-state index contributed by atoms with van der Waals surface area (Å²) in [5, 5.41) is 0. The van der Waals surface area contributed by atoms with Crippen LogP contribution in [0.5, 0.6) is 0 Å². The van der Waals surface area contributed by atoms with Gasteiger partial charge in [0.1, 0.15) is 0 Å². The van der Waals surface area contributed by atoms with Crippen molar-refractivity contribution in [3.05, 3.63) is 97.1 Å². The molecule has 1 atom stereocenters. The van der Waals surface area contributed by atoms with E-state index in [1.807, 2.05) is 48.5 Å². The first-order valence-corrected chi connectivity index (χ1v) is 7.25. The summed E-state index contributed by atoms with van der Waals surface area (Å²) in [5.74, 6) is -0.0685. The van der Waals surface area contributed by atoms with E-state index in [9.17, 15) is 4.79 Å². The Hall–Kier alpha value is -2.45. The van der Waals surface area contributed by atoms with Gasteiger partial charge in [-0.3, -0.25) is 4.79 Å². The molecule has 0 radical (unpaired) electrons. The van der Waals surface area contributed by atoms with Crippen LogP contribution in [-0.2, 0) is 10.3 Å². The van der Waals surface area contributed by atoms with Crippen molar-refractivity contribution in [1.82, 2.24) is 0 Å². The molecule has 0 fully saturated rings. The van der Waals surface area contributed by atoms with Crippen LogP contribution in [0.4, 0.5) is 0 Å². The zero-order chi connectivity index (χ0) is 15.8. The molecule has 0 heterocycles. The van der Waals surface area contributed by atoms with Gasteiger partial charge in [-0.15, -0.1) is 13.2 Å². The van der Waals surface area contributed by atoms with E-state index >= 15 is 0 Å². The fourth-order valence-corrected chi connectivity index (χ4v) is 2.48. The summed E-state index contributed by atoms with van der Waals surface area (Å²) >= 11 is 0. The van der Waals surface area contributed by atoms with E-state index in [0.29, 0.717) is 18.6 Å². The first-order valence-electron chi connectivity index (χ1n) is 7.25. The number of carbonyl (C=O) groups is 1. The zero-order valence-corrected chi connectivity index (χ0v) is 12.6. The van der Waals surface area contributed by atoms with Gasteiger partial charge in [-0.05, 0) is 5.56 Å². The predicted molar refractivity (Wildman–Crippen MR) is 89.9 cm³/mol. The Balaban J connectivity index is 2.54. The molecule has 0 spiro atoms. The number of ether oxygens (including phenoxy) is 1. The number of hydrogen-bond donors (Lipinski definition) is 0. The van der Waals surface area contributed by atoms with Gasteiger partial charge < -0.3 is 4.74 Å². The molecule has 0 aliphatic carbocycles. The molecule has 0 saturated carbocycles. The van der Waals surface area contributed by atoms with Gasteiger partial charge in [-0.1, -0.05) is 72.8 Å². The average Bonchev–Trinajstić information content (AvgIpc) is 2.59. The van der Waals surface area contributed by atoms with E-state index in [-0.39, 0.29) is 5.78 Å². The molecule has 0 aliphatic rings. The van der Waals surface area contributed by atoms with Gasteiger partial charge in [0.25, 0.3) is 0 Å². The van der Waals surface area contributed by atoms with Crippen LogP contribution in [0.3, 0.4) is 0 Å². The van der Waals surface area contributed by atoms with Crippen molar-refractivity contribution in [3.8, 4) is 0 Å². The molecular weight excluding hydrogens is 272 g/mol. The van der Waals surface area contributed by atoms with Gasteiger partial charge in [0.05, 0.1) is 6.61 Å². The molecule has 2 heteroatoms. The third-order valence-electron chi connectivity index (χ3n) is 3.52.